The molecule has 5 heteroatoms. The topological polar surface area (TPSA) is 55.4 Å². The van der Waals surface area contributed by atoms with Gasteiger partial charge in [-0.2, -0.15) is 0 Å². The smallest absolute Gasteiger partial charge is 0.341 e. The van der Waals surface area contributed by atoms with Crippen LogP contribution in [0.4, 0.5) is 5.00 Å². The molecule has 2 aromatic carbocycles. The molecule has 0 saturated heterocycles. The molecule has 0 radical (unpaired) electrons. The number of hydrogen-bond acceptors (Lipinski definition) is 4. The largest absolute Gasteiger partial charge is 0.465 e. The number of carbonyl (C=O) groups excluding carboxylic acids is 2. The number of ether oxygens (including phenoxy) is 1. The van der Waals surface area contributed by atoms with Crippen LogP contribution in [0.1, 0.15) is 41.3 Å². The highest BCUT2D eigenvalue weighted by Crippen LogP contribution is 2.36. The van der Waals surface area contributed by atoms with Crippen molar-refractivity contribution in [1.29, 1.82) is 0 Å². The molecular weight excluding hydrogens is 346 g/mol. The van der Waals surface area contributed by atoms with Gasteiger partial charge < -0.3 is 10.1 Å². The Morgan fingerprint density at radius 2 is 1.77 bits per heavy atom. The third-order valence-corrected chi connectivity index (χ3v) is 5.34. The lowest BCUT2D eigenvalue weighted by Crippen LogP contribution is -2.16. The fourth-order valence-corrected chi connectivity index (χ4v) is 3.92. The molecule has 0 fully saturated rings. The van der Waals surface area contributed by atoms with E-state index in [0.29, 0.717) is 16.5 Å². The van der Waals surface area contributed by atoms with Crippen molar-refractivity contribution in [3.63, 3.8) is 0 Å². The third-order valence-electron chi connectivity index (χ3n) is 4.25. The zero-order valence-corrected chi connectivity index (χ0v) is 15.9. The van der Waals surface area contributed by atoms with Gasteiger partial charge in [-0.15, -0.1) is 11.3 Å². The number of esters is 1. The number of anilines is 1. The summed E-state index contributed by atoms with van der Waals surface area (Å²) in [6, 6.07) is 15.6. The van der Waals surface area contributed by atoms with E-state index >= 15 is 0 Å². The van der Waals surface area contributed by atoms with Crippen LogP contribution in [0.15, 0.2) is 48.5 Å². The van der Waals surface area contributed by atoms with Gasteiger partial charge >= 0.3 is 5.97 Å². The first-order chi connectivity index (χ1) is 12.5. The minimum absolute atomic E-state index is 0.154. The van der Waals surface area contributed by atoms with Gasteiger partial charge in [0.05, 0.1) is 13.5 Å². The standard InChI is InChI=1S/C21H21NO3S/c1-13(2)15-10-8-14(9-11-15)12-18(23)22-20-19(21(24)25-3)16-6-4-5-7-17(16)26-20/h4-11,13H,12H2,1-3H3,(H,22,23). The van der Waals surface area contributed by atoms with E-state index in [4.69, 9.17) is 4.74 Å². The maximum absolute atomic E-state index is 12.5. The molecule has 0 unspecified atom stereocenters. The second-order valence-electron chi connectivity index (χ2n) is 6.42. The minimum Gasteiger partial charge on any atom is -0.465 e. The average Bonchev–Trinajstić information content (AvgIpc) is 2.99. The van der Waals surface area contributed by atoms with Crippen LogP contribution in [-0.2, 0) is 16.0 Å². The summed E-state index contributed by atoms with van der Waals surface area (Å²) in [4.78, 5) is 24.7. The van der Waals surface area contributed by atoms with Crippen LogP contribution < -0.4 is 5.32 Å². The van der Waals surface area contributed by atoms with E-state index < -0.39 is 5.97 Å². The summed E-state index contributed by atoms with van der Waals surface area (Å²) in [5.74, 6) is -0.142. The normalized spacial score (nSPS) is 10.9. The highest BCUT2D eigenvalue weighted by Gasteiger charge is 2.21. The van der Waals surface area contributed by atoms with E-state index in [1.807, 2.05) is 48.5 Å². The molecule has 1 heterocycles. The van der Waals surface area contributed by atoms with Gasteiger partial charge in [-0.1, -0.05) is 56.3 Å². The SMILES string of the molecule is COC(=O)c1c(NC(=O)Cc2ccc(C(C)C)cc2)sc2ccccc12. The van der Waals surface area contributed by atoms with E-state index in [2.05, 4.69) is 19.2 Å². The Kier molecular flexibility index (Phi) is 5.38. The van der Waals surface area contributed by atoms with Crippen molar-refractivity contribution in [2.45, 2.75) is 26.2 Å². The number of thiophene rings is 1. The van der Waals surface area contributed by atoms with E-state index in [1.165, 1.54) is 24.0 Å². The summed E-state index contributed by atoms with van der Waals surface area (Å²) in [6.07, 6.45) is 0.257. The van der Waals surface area contributed by atoms with Crippen LogP contribution >= 0.6 is 11.3 Å². The number of rotatable bonds is 5. The quantitative estimate of drug-likeness (QED) is 0.646. The fraction of sp³-hybridized carbons (Fsp3) is 0.238. The van der Waals surface area contributed by atoms with E-state index in [1.54, 1.807) is 0 Å². The van der Waals surface area contributed by atoms with Crippen molar-refractivity contribution >= 4 is 38.3 Å². The number of amides is 1. The molecular formula is C21H21NO3S. The molecule has 0 aliphatic carbocycles. The van der Waals surface area contributed by atoms with Crippen molar-refractivity contribution in [3.05, 3.63) is 65.2 Å². The summed E-state index contributed by atoms with van der Waals surface area (Å²) in [5, 5.41) is 4.20. The molecule has 3 aromatic rings. The van der Waals surface area contributed by atoms with Crippen molar-refractivity contribution in [2.75, 3.05) is 12.4 Å². The van der Waals surface area contributed by atoms with Gasteiger partial charge in [0.15, 0.2) is 0 Å². The zero-order chi connectivity index (χ0) is 18.7. The van der Waals surface area contributed by atoms with Gasteiger partial charge in [0.2, 0.25) is 5.91 Å². The van der Waals surface area contributed by atoms with Gasteiger partial charge in [0.25, 0.3) is 0 Å². The fourth-order valence-electron chi connectivity index (χ4n) is 2.81. The van der Waals surface area contributed by atoms with E-state index in [-0.39, 0.29) is 12.3 Å². The monoisotopic (exact) mass is 367 g/mol. The van der Waals surface area contributed by atoms with Crippen molar-refractivity contribution < 1.29 is 14.3 Å². The molecule has 0 spiro atoms. The predicted molar refractivity (Wildman–Crippen MR) is 106 cm³/mol. The number of benzene rings is 2. The van der Waals surface area contributed by atoms with E-state index in [0.717, 1.165) is 15.6 Å². The zero-order valence-electron chi connectivity index (χ0n) is 15.0. The Balaban J connectivity index is 1.81. The molecule has 0 bridgehead atoms. The predicted octanol–water partition coefficient (Wildman–Crippen LogP) is 4.99. The Bertz CT molecular complexity index is 942. The average molecular weight is 367 g/mol. The van der Waals surface area contributed by atoms with Gasteiger partial charge in [-0.05, 0) is 23.1 Å². The number of nitrogens with one attached hydrogen (secondary N) is 1. The van der Waals surface area contributed by atoms with Crippen LogP contribution in [0.5, 0.6) is 0 Å². The Hall–Kier alpha value is -2.66. The second kappa shape index (κ2) is 7.70. The lowest BCUT2D eigenvalue weighted by molar-refractivity contribution is -0.115. The molecule has 1 amide bonds. The van der Waals surface area contributed by atoms with Gasteiger partial charge in [0.1, 0.15) is 10.6 Å². The number of hydrogen-bond donors (Lipinski definition) is 1. The molecule has 1 aromatic heterocycles. The first-order valence-corrected chi connectivity index (χ1v) is 9.29. The van der Waals surface area contributed by atoms with Gasteiger partial charge in [-0.3, -0.25) is 4.79 Å². The van der Waals surface area contributed by atoms with Crippen LogP contribution in [0.25, 0.3) is 10.1 Å². The van der Waals surface area contributed by atoms with Crippen LogP contribution in [0.2, 0.25) is 0 Å². The van der Waals surface area contributed by atoms with E-state index in [9.17, 15) is 9.59 Å². The van der Waals surface area contributed by atoms with Crippen molar-refractivity contribution in [3.8, 4) is 0 Å². The number of fused-ring (bicyclic) bond motifs is 1. The molecule has 0 aliphatic rings. The number of carbonyl (C=O) groups is 2. The lowest BCUT2D eigenvalue weighted by Gasteiger charge is -2.08. The molecule has 26 heavy (non-hydrogen) atoms. The summed E-state index contributed by atoms with van der Waals surface area (Å²) in [7, 11) is 1.34. The van der Waals surface area contributed by atoms with Crippen molar-refractivity contribution in [2.24, 2.45) is 0 Å². The molecule has 0 saturated carbocycles. The van der Waals surface area contributed by atoms with Crippen LogP contribution in [-0.4, -0.2) is 19.0 Å². The van der Waals surface area contributed by atoms with Crippen LogP contribution in [0, 0.1) is 0 Å². The highest BCUT2D eigenvalue weighted by atomic mass is 32.1. The number of methoxy groups -OCH3 is 1. The summed E-state index contributed by atoms with van der Waals surface area (Å²) >= 11 is 1.38. The molecule has 134 valence electrons. The maximum atomic E-state index is 12.5. The molecule has 0 aliphatic heterocycles. The van der Waals surface area contributed by atoms with Gasteiger partial charge in [0, 0.05) is 10.1 Å². The van der Waals surface area contributed by atoms with Gasteiger partial charge in [-0.25, -0.2) is 4.79 Å². The molecule has 1 N–H and O–H groups in total. The molecule has 0 atom stereocenters. The Labute approximate surface area is 156 Å². The lowest BCUT2D eigenvalue weighted by atomic mass is 10.0. The second-order valence-corrected chi connectivity index (χ2v) is 7.47. The summed E-state index contributed by atoms with van der Waals surface area (Å²) in [6.45, 7) is 4.27. The summed E-state index contributed by atoms with van der Waals surface area (Å²) in [5.41, 5.74) is 2.59. The maximum Gasteiger partial charge on any atom is 0.341 e. The first kappa shape index (κ1) is 18.1. The van der Waals surface area contributed by atoms with Crippen molar-refractivity contribution in [1.82, 2.24) is 0 Å². The highest BCUT2D eigenvalue weighted by molar-refractivity contribution is 7.23. The minimum atomic E-state index is -0.445. The molecule has 4 nitrogen and oxygen atoms in total. The Morgan fingerprint density at radius 3 is 2.42 bits per heavy atom. The van der Waals surface area contributed by atoms with Crippen LogP contribution in [0.3, 0.4) is 0 Å². The first-order valence-electron chi connectivity index (χ1n) is 8.48. The third kappa shape index (κ3) is 3.78. The molecule has 3 rings (SSSR count). The summed E-state index contributed by atoms with van der Waals surface area (Å²) < 4.78 is 5.83. The Morgan fingerprint density at radius 1 is 1.08 bits per heavy atom.